The molecule has 0 radical (unpaired) electrons. The minimum atomic E-state index is 0.0351. The molecule has 0 aliphatic rings. The molecule has 0 atom stereocenters. The third kappa shape index (κ3) is 4.48. The fourth-order valence-electron chi connectivity index (χ4n) is 1.54. The van der Waals surface area contributed by atoms with Crippen LogP contribution in [0.5, 0.6) is 0 Å². The van der Waals surface area contributed by atoms with Gasteiger partial charge in [-0.3, -0.25) is 4.79 Å². The van der Waals surface area contributed by atoms with Crippen molar-refractivity contribution in [3.63, 3.8) is 0 Å². The van der Waals surface area contributed by atoms with Gasteiger partial charge in [-0.05, 0) is 25.7 Å². The Morgan fingerprint density at radius 3 is 2.44 bits per heavy atom. The number of carbonyl (C=O) groups is 1. The molecule has 18 heavy (non-hydrogen) atoms. The molecule has 0 saturated carbocycles. The lowest BCUT2D eigenvalue weighted by Gasteiger charge is -2.23. The maximum Gasteiger partial charge on any atom is 0.219 e. The third-order valence-corrected chi connectivity index (χ3v) is 3.51. The van der Waals surface area contributed by atoms with Crippen molar-refractivity contribution in [3.8, 4) is 0 Å². The quantitative estimate of drug-likeness (QED) is 0.832. The second-order valence-corrected chi connectivity index (χ2v) is 5.24. The van der Waals surface area contributed by atoms with E-state index in [1.165, 1.54) is 0 Å². The summed E-state index contributed by atoms with van der Waals surface area (Å²) >= 11 is 12.1. The van der Waals surface area contributed by atoms with Crippen LogP contribution in [-0.2, 0) is 11.3 Å². The number of rotatable bonds is 5. The highest BCUT2D eigenvalue weighted by Gasteiger charge is 2.12. The van der Waals surface area contributed by atoms with Crippen LogP contribution in [0.1, 0.15) is 12.5 Å². The molecule has 0 N–H and O–H groups in total. The van der Waals surface area contributed by atoms with Crippen LogP contribution >= 0.6 is 23.2 Å². The number of likely N-dealkylation sites (N-methyl/N-ethyl adjacent to an activating group) is 1. The SMILES string of the molecule is CC(=O)N(CCN(C)C)Cc1cccc(Cl)c1Cl. The van der Waals surface area contributed by atoms with Crippen LogP contribution in [0.25, 0.3) is 0 Å². The van der Waals surface area contributed by atoms with E-state index in [1.54, 1.807) is 17.9 Å². The number of halogens is 2. The van der Waals surface area contributed by atoms with Gasteiger partial charge in [-0.2, -0.15) is 0 Å². The van der Waals surface area contributed by atoms with Crippen molar-refractivity contribution in [3.05, 3.63) is 33.8 Å². The molecule has 0 aliphatic carbocycles. The number of nitrogens with zero attached hydrogens (tertiary/aromatic N) is 2. The Morgan fingerprint density at radius 1 is 1.22 bits per heavy atom. The number of hydrogen-bond donors (Lipinski definition) is 0. The van der Waals surface area contributed by atoms with Crippen molar-refractivity contribution in [2.24, 2.45) is 0 Å². The average molecular weight is 289 g/mol. The maximum absolute atomic E-state index is 11.6. The normalized spacial score (nSPS) is 10.8. The van der Waals surface area contributed by atoms with Crippen molar-refractivity contribution in [2.75, 3.05) is 27.2 Å². The van der Waals surface area contributed by atoms with E-state index in [1.807, 2.05) is 31.1 Å². The lowest BCUT2D eigenvalue weighted by atomic mass is 10.2. The molecule has 1 aromatic carbocycles. The third-order valence-electron chi connectivity index (χ3n) is 2.66. The van der Waals surface area contributed by atoms with Gasteiger partial charge < -0.3 is 9.80 Å². The summed E-state index contributed by atoms with van der Waals surface area (Å²) in [5.41, 5.74) is 0.873. The molecule has 0 fully saturated rings. The van der Waals surface area contributed by atoms with E-state index in [4.69, 9.17) is 23.2 Å². The smallest absolute Gasteiger partial charge is 0.219 e. The second kappa shape index (κ2) is 6.98. The van der Waals surface area contributed by atoms with Crippen molar-refractivity contribution < 1.29 is 4.79 Å². The van der Waals surface area contributed by atoms with E-state index >= 15 is 0 Å². The van der Waals surface area contributed by atoms with Gasteiger partial charge in [0.15, 0.2) is 0 Å². The Morgan fingerprint density at radius 2 is 1.89 bits per heavy atom. The molecule has 0 saturated heterocycles. The zero-order chi connectivity index (χ0) is 13.7. The van der Waals surface area contributed by atoms with Crippen LogP contribution in [-0.4, -0.2) is 42.9 Å². The van der Waals surface area contributed by atoms with Gasteiger partial charge in [-0.1, -0.05) is 35.3 Å². The van der Waals surface area contributed by atoms with Gasteiger partial charge in [-0.25, -0.2) is 0 Å². The van der Waals surface area contributed by atoms with Crippen LogP contribution in [0, 0.1) is 0 Å². The van der Waals surface area contributed by atoms with Gasteiger partial charge in [0.05, 0.1) is 10.0 Å². The van der Waals surface area contributed by atoms with Crippen LogP contribution in [0.2, 0.25) is 10.0 Å². The van der Waals surface area contributed by atoms with Crippen molar-refractivity contribution in [1.29, 1.82) is 0 Å². The highest BCUT2D eigenvalue weighted by Crippen LogP contribution is 2.26. The molecule has 0 spiro atoms. The Balaban J connectivity index is 2.77. The Kier molecular flexibility index (Phi) is 5.93. The predicted molar refractivity (Wildman–Crippen MR) is 76.1 cm³/mol. The second-order valence-electron chi connectivity index (χ2n) is 4.46. The lowest BCUT2D eigenvalue weighted by molar-refractivity contribution is -0.129. The summed E-state index contributed by atoms with van der Waals surface area (Å²) in [7, 11) is 3.95. The molecule has 5 heteroatoms. The molecule has 0 aliphatic heterocycles. The number of hydrogen-bond acceptors (Lipinski definition) is 2. The summed E-state index contributed by atoms with van der Waals surface area (Å²) in [6.07, 6.45) is 0. The Hall–Kier alpha value is -0.770. The van der Waals surface area contributed by atoms with Crippen LogP contribution in [0.15, 0.2) is 18.2 Å². The molecule has 0 unspecified atom stereocenters. The first-order valence-corrected chi connectivity index (χ1v) is 6.50. The number of carbonyl (C=O) groups excluding carboxylic acids is 1. The minimum absolute atomic E-state index is 0.0351. The number of amides is 1. The van der Waals surface area contributed by atoms with Crippen molar-refractivity contribution in [2.45, 2.75) is 13.5 Å². The summed E-state index contributed by atoms with van der Waals surface area (Å²) in [6, 6.07) is 5.47. The minimum Gasteiger partial charge on any atom is -0.337 e. The van der Waals surface area contributed by atoms with Crippen LogP contribution in [0.4, 0.5) is 0 Å². The molecule has 1 aromatic rings. The zero-order valence-corrected chi connectivity index (χ0v) is 12.4. The molecule has 100 valence electrons. The van der Waals surface area contributed by atoms with Gasteiger partial charge in [0.25, 0.3) is 0 Å². The fraction of sp³-hybridized carbons (Fsp3) is 0.462. The van der Waals surface area contributed by atoms with E-state index in [0.717, 1.165) is 12.1 Å². The van der Waals surface area contributed by atoms with Gasteiger partial charge in [0.1, 0.15) is 0 Å². The molecule has 0 heterocycles. The summed E-state index contributed by atoms with van der Waals surface area (Å²) in [6.45, 7) is 3.54. The monoisotopic (exact) mass is 288 g/mol. The first kappa shape index (κ1) is 15.3. The standard InChI is InChI=1S/C13H18Cl2N2O/c1-10(18)17(8-7-16(2)3)9-11-5-4-6-12(14)13(11)15/h4-6H,7-9H2,1-3H3. The topological polar surface area (TPSA) is 23.6 Å². The zero-order valence-electron chi connectivity index (χ0n) is 10.9. The molecule has 0 aromatic heterocycles. The highest BCUT2D eigenvalue weighted by molar-refractivity contribution is 6.42. The van der Waals surface area contributed by atoms with E-state index < -0.39 is 0 Å². The Labute approximate surface area is 118 Å². The van der Waals surface area contributed by atoms with Crippen LogP contribution in [0.3, 0.4) is 0 Å². The number of benzene rings is 1. The first-order chi connectivity index (χ1) is 8.41. The van der Waals surface area contributed by atoms with E-state index in [9.17, 15) is 4.79 Å². The van der Waals surface area contributed by atoms with Gasteiger partial charge in [0.2, 0.25) is 5.91 Å². The fourth-order valence-corrected chi connectivity index (χ4v) is 1.92. The average Bonchev–Trinajstić information content (AvgIpc) is 2.29. The van der Waals surface area contributed by atoms with Crippen molar-refractivity contribution >= 4 is 29.1 Å². The molecule has 3 nitrogen and oxygen atoms in total. The summed E-state index contributed by atoms with van der Waals surface area (Å²) < 4.78 is 0. The predicted octanol–water partition coefficient (Wildman–Crippen LogP) is 2.90. The first-order valence-electron chi connectivity index (χ1n) is 5.75. The maximum atomic E-state index is 11.6. The highest BCUT2D eigenvalue weighted by atomic mass is 35.5. The molecular formula is C13H18Cl2N2O. The van der Waals surface area contributed by atoms with Crippen molar-refractivity contribution in [1.82, 2.24) is 9.80 Å². The van der Waals surface area contributed by atoms with Gasteiger partial charge >= 0.3 is 0 Å². The van der Waals surface area contributed by atoms with E-state index in [0.29, 0.717) is 23.1 Å². The summed E-state index contributed by atoms with van der Waals surface area (Å²) in [5.74, 6) is 0.0351. The van der Waals surface area contributed by atoms with Crippen LogP contribution < -0.4 is 0 Å². The summed E-state index contributed by atoms with van der Waals surface area (Å²) in [5, 5.41) is 1.04. The summed E-state index contributed by atoms with van der Waals surface area (Å²) in [4.78, 5) is 15.4. The molecule has 1 rings (SSSR count). The Bertz CT molecular complexity index is 421. The molecular weight excluding hydrogens is 271 g/mol. The van der Waals surface area contributed by atoms with E-state index in [-0.39, 0.29) is 5.91 Å². The van der Waals surface area contributed by atoms with Gasteiger partial charge in [-0.15, -0.1) is 0 Å². The van der Waals surface area contributed by atoms with E-state index in [2.05, 4.69) is 0 Å². The van der Waals surface area contributed by atoms with Gasteiger partial charge in [0, 0.05) is 26.6 Å². The molecule has 1 amide bonds. The largest absolute Gasteiger partial charge is 0.337 e. The lowest BCUT2D eigenvalue weighted by Crippen LogP contribution is -2.34. The molecule has 0 bridgehead atoms.